The first-order valence-corrected chi connectivity index (χ1v) is 8.03. The molecule has 1 aromatic rings. The van der Waals surface area contributed by atoms with Crippen LogP contribution >= 0.6 is 0 Å². The molecular weight excluding hydrogens is 290 g/mol. The van der Waals surface area contributed by atoms with Crippen LogP contribution in [0.4, 0.5) is 4.79 Å². The summed E-state index contributed by atoms with van der Waals surface area (Å²) in [4.78, 5) is 16.1. The Hall–Kier alpha value is -2.04. The number of aliphatic imine (C=N–C) groups is 1. The van der Waals surface area contributed by atoms with E-state index in [0.29, 0.717) is 6.54 Å². The number of amidine groups is 1. The summed E-state index contributed by atoms with van der Waals surface area (Å²) in [5.41, 5.74) is 1.84. The molecule has 1 aliphatic rings. The fourth-order valence-corrected chi connectivity index (χ4v) is 2.29. The maximum atomic E-state index is 11.6. The minimum absolute atomic E-state index is 0.0331. The van der Waals surface area contributed by atoms with Gasteiger partial charge in [0, 0.05) is 12.1 Å². The third-order valence-electron chi connectivity index (χ3n) is 3.40. The molecule has 23 heavy (non-hydrogen) atoms. The predicted molar refractivity (Wildman–Crippen MR) is 93.0 cm³/mol. The Morgan fingerprint density at radius 3 is 2.48 bits per heavy atom. The van der Waals surface area contributed by atoms with Gasteiger partial charge >= 0.3 is 6.09 Å². The van der Waals surface area contributed by atoms with Crippen molar-refractivity contribution >= 4 is 11.9 Å². The number of nitrogens with one attached hydrogen (secondary N) is 2. The number of hydrogen-bond acceptors (Lipinski definition) is 4. The molecule has 0 spiro atoms. The van der Waals surface area contributed by atoms with E-state index < -0.39 is 5.60 Å². The zero-order valence-electron chi connectivity index (χ0n) is 14.7. The Balaban J connectivity index is 1.81. The number of alkyl carbamates (subject to hydrolysis) is 1. The Kier molecular flexibility index (Phi) is 4.97. The largest absolute Gasteiger partial charge is 0.444 e. The molecule has 1 aliphatic heterocycles. The molecule has 0 saturated carbocycles. The lowest BCUT2D eigenvalue weighted by molar-refractivity contribution is 0.0528. The summed E-state index contributed by atoms with van der Waals surface area (Å²) in [5.74, 6) is 0.952. The van der Waals surface area contributed by atoms with Crippen LogP contribution in [0.25, 0.3) is 0 Å². The number of rotatable bonds is 4. The second-order valence-corrected chi connectivity index (χ2v) is 7.55. The number of carbonyl (C=O) groups is 1. The number of amides is 1. The molecule has 0 atom stereocenters. The molecule has 0 saturated heterocycles. The molecule has 1 aromatic carbocycles. The summed E-state index contributed by atoms with van der Waals surface area (Å²) in [5, 5.41) is 6.19. The van der Waals surface area contributed by atoms with E-state index in [0.717, 1.165) is 24.4 Å². The van der Waals surface area contributed by atoms with Crippen molar-refractivity contribution in [3.63, 3.8) is 0 Å². The van der Waals surface area contributed by atoms with E-state index in [1.165, 1.54) is 5.56 Å². The van der Waals surface area contributed by atoms with Gasteiger partial charge in [-0.25, -0.2) is 4.79 Å². The lowest BCUT2D eigenvalue weighted by Gasteiger charge is -2.19. The Morgan fingerprint density at radius 1 is 1.30 bits per heavy atom. The van der Waals surface area contributed by atoms with Gasteiger partial charge in [0.1, 0.15) is 11.4 Å². The second kappa shape index (κ2) is 6.60. The minimum Gasteiger partial charge on any atom is -0.444 e. The van der Waals surface area contributed by atoms with E-state index in [1.807, 2.05) is 20.8 Å². The van der Waals surface area contributed by atoms with Gasteiger partial charge in [0.2, 0.25) is 0 Å². The van der Waals surface area contributed by atoms with Crippen molar-refractivity contribution in [3.05, 3.63) is 35.4 Å². The van der Waals surface area contributed by atoms with Crippen molar-refractivity contribution < 1.29 is 9.53 Å². The summed E-state index contributed by atoms with van der Waals surface area (Å²) in [6, 6.07) is 8.27. The number of hydrogen-bond donors (Lipinski definition) is 2. The highest BCUT2D eigenvalue weighted by atomic mass is 16.6. The molecule has 0 bridgehead atoms. The van der Waals surface area contributed by atoms with Gasteiger partial charge in [-0.15, -0.1) is 0 Å². The van der Waals surface area contributed by atoms with Gasteiger partial charge < -0.3 is 15.4 Å². The zero-order valence-corrected chi connectivity index (χ0v) is 14.7. The van der Waals surface area contributed by atoms with Gasteiger partial charge in [0.25, 0.3) is 0 Å². The molecule has 0 fully saturated rings. The highest BCUT2D eigenvalue weighted by Crippen LogP contribution is 2.14. The number of ether oxygens (including phenoxy) is 1. The Labute approximate surface area is 138 Å². The summed E-state index contributed by atoms with van der Waals surface area (Å²) < 4.78 is 5.21. The van der Waals surface area contributed by atoms with Crippen LogP contribution in [0.5, 0.6) is 0 Å². The Morgan fingerprint density at radius 2 is 1.96 bits per heavy atom. The van der Waals surface area contributed by atoms with Crippen LogP contribution < -0.4 is 10.6 Å². The van der Waals surface area contributed by atoms with E-state index in [-0.39, 0.29) is 11.6 Å². The third kappa shape index (κ3) is 5.58. The van der Waals surface area contributed by atoms with Crippen molar-refractivity contribution in [1.82, 2.24) is 10.6 Å². The smallest absolute Gasteiger partial charge is 0.407 e. The average molecular weight is 317 g/mol. The van der Waals surface area contributed by atoms with Crippen LogP contribution in [-0.4, -0.2) is 36.2 Å². The van der Waals surface area contributed by atoms with E-state index >= 15 is 0 Å². The lowest BCUT2D eigenvalue weighted by atomic mass is 10.1. The van der Waals surface area contributed by atoms with Crippen molar-refractivity contribution in [2.75, 3.05) is 13.1 Å². The van der Waals surface area contributed by atoms with Gasteiger partial charge in [-0.05, 0) is 46.6 Å². The van der Waals surface area contributed by atoms with E-state index in [9.17, 15) is 4.79 Å². The Bertz CT molecular complexity index is 583. The summed E-state index contributed by atoms with van der Waals surface area (Å²) in [6.45, 7) is 11.2. The van der Waals surface area contributed by atoms with Crippen LogP contribution in [0.1, 0.15) is 45.7 Å². The van der Waals surface area contributed by atoms with Gasteiger partial charge in [0.05, 0.1) is 12.1 Å². The second-order valence-electron chi connectivity index (χ2n) is 7.55. The van der Waals surface area contributed by atoms with E-state index in [4.69, 9.17) is 4.74 Å². The molecule has 2 N–H and O–H groups in total. The fraction of sp³-hybridized carbons (Fsp3) is 0.556. The summed E-state index contributed by atoms with van der Waals surface area (Å²) >= 11 is 0. The fourth-order valence-electron chi connectivity index (χ4n) is 2.29. The number of benzene rings is 1. The summed E-state index contributed by atoms with van der Waals surface area (Å²) in [6.07, 6.45) is 0.395. The molecule has 1 amide bonds. The van der Waals surface area contributed by atoms with Crippen LogP contribution in [-0.2, 0) is 11.2 Å². The molecule has 0 aliphatic carbocycles. The third-order valence-corrected chi connectivity index (χ3v) is 3.40. The first-order chi connectivity index (χ1) is 10.6. The lowest BCUT2D eigenvalue weighted by Crippen LogP contribution is -2.39. The first kappa shape index (κ1) is 17.3. The molecule has 126 valence electrons. The standard InChI is InChI=1S/C18H27N3O2/c1-17(2,3)23-16(22)19-11-10-13-6-8-14(9-7-13)15-20-12-18(4,5)21-15/h6-9H,10-12H2,1-5H3,(H,19,22)(H,20,21). The first-order valence-electron chi connectivity index (χ1n) is 8.03. The quantitative estimate of drug-likeness (QED) is 0.897. The average Bonchev–Trinajstić information content (AvgIpc) is 2.78. The maximum Gasteiger partial charge on any atom is 0.407 e. The molecule has 1 heterocycles. The monoisotopic (exact) mass is 317 g/mol. The van der Waals surface area contributed by atoms with Crippen molar-refractivity contribution in [2.45, 2.75) is 52.2 Å². The van der Waals surface area contributed by atoms with Crippen molar-refractivity contribution in [1.29, 1.82) is 0 Å². The van der Waals surface area contributed by atoms with Crippen molar-refractivity contribution in [2.24, 2.45) is 4.99 Å². The SMILES string of the molecule is CC1(C)CN=C(c2ccc(CCNC(=O)OC(C)(C)C)cc2)N1. The topological polar surface area (TPSA) is 62.7 Å². The number of carbonyl (C=O) groups excluding carboxylic acids is 1. The molecule has 0 aromatic heterocycles. The van der Waals surface area contributed by atoms with Crippen LogP contribution in [0.2, 0.25) is 0 Å². The molecule has 5 nitrogen and oxygen atoms in total. The van der Waals surface area contributed by atoms with E-state index in [2.05, 4.69) is 53.7 Å². The van der Waals surface area contributed by atoms with Gasteiger partial charge in [0.15, 0.2) is 0 Å². The highest BCUT2D eigenvalue weighted by Gasteiger charge is 2.25. The normalized spacial score (nSPS) is 16.5. The zero-order chi connectivity index (χ0) is 17.1. The minimum atomic E-state index is -0.464. The van der Waals surface area contributed by atoms with Crippen LogP contribution in [0.15, 0.2) is 29.3 Å². The van der Waals surface area contributed by atoms with Crippen molar-refractivity contribution in [3.8, 4) is 0 Å². The van der Waals surface area contributed by atoms with E-state index in [1.54, 1.807) is 0 Å². The maximum absolute atomic E-state index is 11.6. The number of nitrogens with zero attached hydrogens (tertiary/aromatic N) is 1. The highest BCUT2D eigenvalue weighted by molar-refractivity contribution is 6.00. The molecule has 0 radical (unpaired) electrons. The molecule has 5 heteroatoms. The predicted octanol–water partition coefficient (Wildman–Crippen LogP) is 2.88. The van der Waals surface area contributed by atoms with Gasteiger partial charge in [-0.2, -0.15) is 0 Å². The molecular formula is C18H27N3O2. The van der Waals surface area contributed by atoms with Crippen LogP contribution in [0.3, 0.4) is 0 Å². The molecule has 2 rings (SSSR count). The summed E-state index contributed by atoms with van der Waals surface area (Å²) in [7, 11) is 0. The van der Waals surface area contributed by atoms with Gasteiger partial charge in [-0.1, -0.05) is 24.3 Å². The van der Waals surface area contributed by atoms with Gasteiger partial charge in [-0.3, -0.25) is 4.99 Å². The molecule has 0 unspecified atom stereocenters. The van der Waals surface area contributed by atoms with Crippen LogP contribution in [0, 0.1) is 0 Å².